The largest absolute Gasteiger partial charge is 0.313 e. The molecule has 0 radical (unpaired) electrons. The van der Waals surface area contributed by atoms with E-state index in [1.54, 1.807) is 6.07 Å². The molecule has 1 atom stereocenters. The average molecular weight is 270 g/mol. The second kappa shape index (κ2) is 6.20. The lowest BCUT2D eigenvalue weighted by atomic mass is 10.1. The van der Waals surface area contributed by atoms with Gasteiger partial charge < -0.3 is 5.32 Å². The van der Waals surface area contributed by atoms with Gasteiger partial charge in [-0.15, -0.1) is 0 Å². The first kappa shape index (κ1) is 15.0. The van der Waals surface area contributed by atoms with E-state index in [9.17, 15) is 8.42 Å². The average Bonchev–Trinajstić information content (AvgIpc) is 2.26. The van der Waals surface area contributed by atoms with Gasteiger partial charge in [0.2, 0.25) is 10.0 Å². The molecular formula is C13H22N2O2S. The van der Waals surface area contributed by atoms with E-state index < -0.39 is 10.0 Å². The summed E-state index contributed by atoms with van der Waals surface area (Å²) in [4.78, 5) is 0. The molecule has 0 saturated carbocycles. The van der Waals surface area contributed by atoms with E-state index in [-0.39, 0.29) is 17.7 Å². The standard InChI is InChI=1S/C13H22N2O2S/c1-10(2)9-18(16,17)15-13-8-6-5-7-12(13)11(3)14-4/h5-8,10-11,14-15H,9H2,1-4H3. The zero-order valence-electron chi connectivity index (χ0n) is 11.4. The molecule has 0 aliphatic carbocycles. The van der Waals surface area contributed by atoms with E-state index in [0.717, 1.165) is 5.56 Å². The van der Waals surface area contributed by atoms with Gasteiger partial charge in [-0.3, -0.25) is 4.72 Å². The topological polar surface area (TPSA) is 58.2 Å². The normalized spacial score (nSPS) is 13.6. The Kier molecular flexibility index (Phi) is 5.16. The van der Waals surface area contributed by atoms with Crippen LogP contribution < -0.4 is 10.0 Å². The van der Waals surface area contributed by atoms with Crippen molar-refractivity contribution in [1.82, 2.24) is 5.32 Å². The lowest BCUT2D eigenvalue weighted by molar-refractivity contribution is 0.587. The summed E-state index contributed by atoms with van der Waals surface area (Å²) in [5.74, 6) is 0.242. The maximum Gasteiger partial charge on any atom is 0.232 e. The summed E-state index contributed by atoms with van der Waals surface area (Å²) in [6.45, 7) is 5.78. The summed E-state index contributed by atoms with van der Waals surface area (Å²) in [7, 11) is -1.42. The number of hydrogen-bond acceptors (Lipinski definition) is 3. The molecule has 0 aliphatic heterocycles. The molecule has 2 N–H and O–H groups in total. The Morgan fingerprint density at radius 3 is 2.33 bits per heavy atom. The molecule has 18 heavy (non-hydrogen) atoms. The number of hydrogen-bond donors (Lipinski definition) is 2. The number of benzene rings is 1. The first-order valence-electron chi connectivity index (χ1n) is 6.12. The molecule has 0 spiro atoms. The number of nitrogens with one attached hydrogen (secondary N) is 2. The van der Waals surface area contributed by atoms with Gasteiger partial charge in [-0.25, -0.2) is 8.42 Å². The SMILES string of the molecule is CNC(C)c1ccccc1NS(=O)(=O)CC(C)C. The minimum atomic E-state index is -3.28. The Hall–Kier alpha value is -1.07. The molecule has 1 aromatic rings. The van der Waals surface area contributed by atoms with Crippen LogP contribution in [0.5, 0.6) is 0 Å². The summed E-state index contributed by atoms with van der Waals surface area (Å²) in [5.41, 5.74) is 1.60. The van der Waals surface area contributed by atoms with Crippen molar-refractivity contribution in [3.8, 4) is 0 Å². The Morgan fingerprint density at radius 2 is 1.78 bits per heavy atom. The highest BCUT2D eigenvalue weighted by atomic mass is 32.2. The van der Waals surface area contributed by atoms with Crippen LogP contribution >= 0.6 is 0 Å². The van der Waals surface area contributed by atoms with E-state index in [4.69, 9.17) is 0 Å². The molecule has 0 amide bonds. The highest BCUT2D eigenvalue weighted by Gasteiger charge is 2.16. The number of rotatable bonds is 6. The van der Waals surface area contributed by atoms with Crippen LogP contribution in [0.1, 0.15) is 32.4 Å². The third-order valence-electron chi connectivity index (χ3n) is 2.68. The monoisotopic (exact) mass is 270 g/mol. The number of sulfonamides is 1. The highest BCUT2D eigenvalue weighted by molar-refractivity contribution is 7.92. The minimum Gasteiger partial charge on any atom is -0.313 e. The van der Waals surface area contributed by atoms with Gasteiger partial charge in [-0.05, 0) is 31.5 Å². The maximum atomic E-state index is 11.9. The second-order valence-electron chi connectivity index (χ2n) is 4.87. The quantitative estimate of drug-likeness (QED) is 0.834. The molecule has 1 rings (SSSR count). The Labute approximate surface area is 110 Å². The lowest BCUT2D eigenvalue weighted by Crippen LogP contribution is -2.22. The predicted octanol–water partition coefficient (Wildman–Crippen LogP) is 2.36. The molecule has 1 aromatic carbocycles. The van der Waals surface area contributed by atoms with Crippen molar-refractivity contribution in [1.29, 1.82) is 0 Å². The molecule has 0 saturated heterocycles. The molecular weight excluding hydrogens is 248 g/mol. The van der Waals surface area contributed by atoms with Gasteiger partial charge in [0.25, 0.3) is 0 Å². The van der Waals surface area contributed by atoms with Crippen LogP contribution in [0.3, 0.4) is 0 Å². The maximum absolute atomic E-state index is 11.9. The zero-order chi connectivity index (χ0) is 13.8. The number of anilines is 1. The van der Waals surface area contributed by atoms with Gasteiger partial charge in [0.05, 0.1) is 11.4 Å². The fourth-order valence-electron chi connectivity index (χ4n) is 1.77. The molecule has 1 unspecified atom stereocenters. The van der Waals surface area contributed by atoms with Crippen molar-refractivity contribution in [2.24, 2.45) is 5.92 Å². The van der Waals surface area contributed by atoms with Crippen LogP contribution in [0.2, 0.25) is 0 Å². The van der Waals surface area contributed by atoms with Crippen molar-refractivity contribution in [2.45, 2.75) is 26.8 Å². The molecule has 0 aliphatic rings. The molecule has 4 nitrogen and oxygen atoms in total. The van der Waals surface area contributed by atoms with Gasteiger partial charge >= 0.3 is 0 Å². The van der Waals surface area contributed by atoms with Crippen molar-refractivity contribution in [3.63, 3.8) is 0 Å². The van der Waals surface area contributed by atoms with Crippen LogP contribution in [-0.2, 0) is 10.0 Å². The first-order chi connectivity index (χ1) is 8.35. The fraction of sp³-hybridized carbons (Fsp3) is 0.538. The van der Waals surface area contributed by atoms with Crippen LogP contribution in [0.15, 0.2) is 24.3 Å². The summed E-state index contributed by atoms with van der Waals surface area (Å²) in [5, 5.41) is 3.11. The molecule has 102 valence electrons. The van der Waals surface area contributed by atoms with Crippen molar-refractivity contribution < 1.29 is 8.42 Å². The van der Waals surface area contributed by atoms with Crippen LogP contribution in [0.25, 0.3) is 0 Å². The van der Waals surface area contributed by atoms with Gasteiger partial charge in [-0.2, -0.15) is 0 Å². The second-order valence-corrected chi connectivity index (χ2v) is 6.64. The summed E-state index contributed by atoms with van der Waals surface area (Å²) >= 11 is 0. The summed E-state index contributed by atoms with van der Waals surface area (Å²) in [6, 6.07) is 7.56. The fourth-order valence-corrected chi connectivity index (χ4v) is 3.25. The molecule has 0 fully saturated rings. The van der Waals surface area contributed by atoms with E-state index in [1.807, 2.05) is 46.0 Å². The first-order valence-corrected chi connectivity index (χ1v) is 7.77. The van der Waals surface area contributed by atoms with Crippen molar-refractivity contribution in [2.75, 3.05) is 17.5 Å². The third kappa shape index (κ3) is 4.31. The smallest absolute Gasteiger partial charge is 0.232 e. The molecule has 5 heteroatoms. The van der Waals surface area contributed by atoms with Gasteiger partial charge in [0.15, 0.2) is 0 Å². The van der Waals surface area contributed by atoms with E-state index in [2.05, 4.69) is 10.0 Å². The van der Waals surface area contributed by atoms with Crippen LogP contribution in [-0.4, -0.2) is 21.2 Å². The van der Waals surface area contributed by atoms with Crippen LogP contribution in [0, 0.1) is 5.92 Å². The van der Waals surface area contributed by atoms with E-state index >= 15 is 0 Å². The summed E-state index contributed by atoms with van der Waals surface area (Å²) in [6.07, 6.45) is 0. The molecule has 0 bridgehead atoms. The van der Waals surface area contributed by atoms with Crippen molar-refractivity contribution in [3.05, 3.63) is 29.8 Å². The van der Waals surface area contributed by atoms with Crippen molar-refractivity contribution >= 4 is 15.7 Å². The Bertz CT molecular complexity index is 484. The van der Waals surface area contributed by atoms with Gasteiger partial charge in [-0.1, -0.05) is 32.0 Å². The van der Waals surface area contributed by atoms with Crippen LogP contribution in [0.4, 0.5) is 5.69 Å². The Balaban J connectivity index is 2.97. The van der Waals surface area contributed by atoms with E-state index in [0.29, 0.717) is 5.69 Å². The molecule has 0 heterocycles. The zero-order valence-corrected chi connectivity index (χ0v) is 12.2. The lowest BCUT2D eigenvalue weighted by Gasteiger charge is -2.17. The summed E-state index contributed by atoms with van der Waals surface area (Å²) < 4.78 is 26.5. The predicted molar refractivity (Wildman–Crippen MR) is 76.2 cm³/mol. The van der Waals surface area contributed by atoms with Gasteiger partial charge in [0.1, 0.15) is 0 Å². The van der Waals surface area contributed by atoms with Gasteiger partial charge in [0, 0.05) is 6.04 Å². The Morgan fingerprint density at radius 1 is 1.17 bits per heavy atom. The highest BCUT2D eigenvalue weighted by Crippen LogP contribution is 2.23. The minimum absolute atomic E-state index is 0.1000. The number of para-hydroxylation sites is 1. The van der Waals surface area contributed by atoms with E-state index in [1.165, 1.54) is 0 Å². The molecule has 0 aromatic heterocycles. The third-order valence-corrected chi connectivity index (χ3v) is 4.31.